The Bertz CT molecular complexity index is 741. The number of ether oxygens (including phenoxy) is 13. The summed E-state index contributed by atoms with van der Waals surface area (Å²) in [6, 6.07) is 0. The van der Waals surface area contributed by atoms with Gasteiger partial charge in [0.1, 0.15) is 13.2 Å². The highest BCUT2D eigenvalue weighted by molar-refractivity contribution is 5.86. The van der Waals surface area contributed by atoms with Gasteiger partial charge in [0, 0.05) is 12.0 Å². The van der Waals surface area contributed by atoms with E-state index in [4.69, 9.17) is 61.6 Å². The van der Waals surface area contributed by atoms with E-state index >= 15 is 0 Å². The predicted molar refractivity (Wildman–Crippen MR) is 184 cm³/mol. The van der Waals surface area contributed by atoms with Gasteiger partial charge in [-0.25, -0.2) is 4.79 Å². The quantitative estimate of drug-likeness (QED) is 0.0514. The zero-order chi connectivity index (χ0) is 36.4. The first kappa shape index (κ1) is 48.2. The largest absolute Gasteiger partial charge is 0.463 e. The minimum Gasteiger partial charge on any atom is -0.463 e. The number of hydrogen-bond acceptors (Lipinski definition) is 15. The highest BCUT2D eigenvalue weighted by Crippen LogP contribution is 2.03. The van der Waals surface area contributed by atoms with Crippen LogP contribution in [0.15, 0.2) is 12.2 Å². The van der Waals surface area contributed by atoms with E-state index in [1.54, 1.807) is 6.92 Å². The van der Waals surface area contributed by atoms with Gasteiger partial charge in [-0.3, -0.25) is 4.79 Å². The molecular weight excluding hydrogens is 660 g/mol. The Hall–Kier alpha value is -1.76. The van der Waals surface area contributed by atoms with E-state index in [0.29, 0.717) is 157 Å². The highest BCUT2D eigenvalue weighted by Gasteiger charge is 2.03. The number of hydrogen-bond donors (Lipinski definition) is 0. The van der Waals surface area contributed by atoms with Gasteiger partial charge in [0.25, 0.3) is 0 Å². The fourth-order valence-electron chi connectivity index (χ4n) is 3.60. The van der Waals surface area contributed by atoms with Crippen LogP contribution in [0, 0.1) is 0 Å². The normalized spacial score (nSPS) is 11.2. The minimum atomic E-state index is -0.416. The summed E-state index contributed by atoms with van der Waals surface area (Å²) < 4.78 is 69.8. The van der Waals surface area contributed by atoms with Crippen molar-refractivity contribution in [3.8, 4) is 0 Å². The molecule has 0 radical (unpaired) electrons. The molecule has 0 rings (SSSR count). The van der Waals surface area contributed by atoms with E-state index in [1.807, 2.05) is 0 Å². The Kier molecular flexibility index (Phi) is 40.2. The van der Waals surface area contributed by atoms with Crippen LogP contribution in [0.4, 0.5) is 0 Å². The van der Waals surface area contributed by atoms with E-state index in [-0.39, 0.29) is 19.2 Å². The van der Waals surface area contributed by atoms with E-state index in [0.717, 1.165) is 25.7 Å². The molecule has 0 amide bonds. The van der Waals surface area contributed by atoms with Gasteiger partial charge < -0.3 is 61.6 Å². The molecule has 0 aromatic rings. The van der Waals surface area contributed by atoms with E-state index in [1.165, 1.54) is 0 Å². The molecule has 296 valence electrons. The van der Waals surface area contributed by atoms with Crippen LogP contribution in [0.2, 0.25) is 0 Å². The molecule has 0 heterocycles. The molecular formula is C35H66O15. The number of carbonyl (C=O) groups excluding carboxylic acids is 2. The second-order valence-corrected chi connectivity index (χ2v) is 10.7. The predicted octanol–water partition coefficient (Wildman–Crippen LogP) is 2.80. The van der Waals surface area contributed by atoms with Crippen molar-refractivity contribution in [2.24, 2.45) is 0 Å². The third-order valence-corrected chi connectivity index (χ3v) is 6.25. The Balaban J connectivity index is 3.10. The number of rotatable bonds is 42. The molecule has 0 N–H and O–H groups in total. The maximum absolute atomic E-state index is 11.5. The lowest BCUT2D eigenvalue weighted by Crippen LogP contribution is -2.16. The number of esters is 2. The van der Waals surface area contributed by atoms with E-state index in [2.05, 4.69) is 13.5 Å². The van der Waals surface area contributed by atoms with Crippen molar-refractivity contribution in [1.29, 1.82) is 0 Å². The van der Waals surface area contributed by atoms with Crippen LogP contribution in [-0.4, -0.2) is 171 Å². The molecule has 0 aliphatic heterocycles. The first-order valence-corrected chi connectivity index (χ1v) is 17.9. The van der Waals surface area contributed by atoms with Gasteiger partial charge in [-0.1, -0.05) is 32.8 Å². The van der Waals surface area contributed by atoms with Crippen LogP contribution >= 0.6 is 0 Å². The van der Waals surface area contributed by atoms with Crippen LogP contribution in [-0.2, 0) is 71.2 Å². The average molecular weight is 727 g/mol. The third-order valence-electron chi connectivity index (χ3n) is 6.25. The van der Waals surface area contributed by atoms with Crippen molar-refractivity contribution >= 4 is 11.9 Å². The molecule has 15 nitrogen and oxygen atoms in total. The van der Waals surface area contributed by atoms with Crippen molar-refractivity contribution in [3.05, 3.63) is 12.2 Å². The molecule has 0 aliphatic rings. The monoisotopic (exact) mass is 726 g/mol. The standard InChI is InChI=1S/C35H66O15/c1-4-5-6-7-8-34(36)49-31-29-47-27-25-45-23-21-43-19-17-41-15-13-39-11-9-38-10-12-40-14-16-42-18-20-44-22-24-46-26-28-48-30-32-50-35(37)33(2)3/h2,4-32H2,1,3H3. The molecule has 0 saturated heterocycles. The van der Waals surface area contributed by atoms with Crippen molar-refractivity contribution < 1.29 is 71.2 Å². The zero-order valence-electron chi connectivity index (χ0n) is 30.8. The van der Waals surface area contributed by atoms with Crippen LogP contribution in [0.1, 0.15) is 46.0 Å². The Morgan fingerprint density at radius 3 is 0.900 bits per heavy atom. The first-order valence-electron chi connectivity index (χ1n) is 17.9. The summed E-state index contributed by atoms with van der Waals surface area (Å²) >= 11 is 0. The molecule has 0 aromatic heterocycles. The van der Waals surface area contributed by atoms with Gasteiger partial charge in [-0.05, 0) is 13.3 Å². The van der Waals surface area contributed by atoms with Gasteiger partial charge in [0.15, 0.2) is 0 Å². The molecule has 0 saturated carbocycles. The zero-order valence-corrected chi connectivity index (χ0v) is 30.8. The molecule has 15 heteroatoms. The third kappa shape index (κ3) is 40.7. The lowest BCUT2D eigenvalue weighted by Gasteiger charge is -2.09. The summed E-state index contributed by atoms with van der Waals surface area (Å²) in [5.41, 5.74) is 0.367. The summed E-state index contributed by atoms with van der Waals surface area (Å²) in [6.45, 7) is 17.9. The number of unbranched alkanes of at least 4 members (excludes halogenated alkanes) is 3. The molecule has 0 fully saturated rings. The molecule has 0 atom stereocenters. The first-order chi connectivity index (χ1) is 24.6. The lowest BCUT2D eigenvalue weighted by molar-refractivity contribution is -0.145. The summed E-state index contributed by atoms with van der Waals surface area (Å²) in [4.78, 5) is 22.7. The molecule has 0 spiro atoms. The van der Waals surface area contributed by atoms with Crippen molar-refractivity contribution in [3.63, 3.8) is 0 Å². The molecule has 50 heavy (non-hydrogen) atoms. The summed E-state index contributed by atoms with van der Waals surface area (Å²) in [5, 5.41) is 0. The Morgan fingerprint density at radius 1 is 0.380 bits per heavy atom. The molecule has 0 aliphatic carbocycles. The maximum Gasteiger partial charge on any atom is 0.333 e. The maximum atomic E-state index is 11.5. The summed E-state index contributed by atoms with van der Waals surface area (Å²) in [7, 11) is 0. The number of carbonyl (C=O) groups is 2. The smallest absolute Gasteiger partial charge is 0.333 e. The fourth-order valence-corrected chi connectivity index (χ4v) is 3.60. The van der Waals surface area contributed by atoms with Gasteiger partial charge in [0.05, 0.1) is 145 Å². The van der Waals surface area contributed by atoms with E-state index in [9.17, 15) is 9.59 Å². The average Bonchev–Trinajstić information content (AvgIpc) is 3.11. The Labute approximate surface area is 299 Å². The van der Waals surface area contributed by atoms with Gasteiger partial charge >= 0.3 is 11.9 Å². The lowest BCUT2D eigenvalue weighted by atomic mass is 10.2. The van der Waals surface area contributed by atoms with Crippen LogP contribution in [0.25, 0.3) is 0 Å². The topological polar surface area (TPSA) is 154 Å². The van der Waals surface area contributed by atoms with Crippen LogP contribution < -0.4 is 0 Å². The molecule has 0 bridgehead atoms. The second-order valence-electron chi connectivity index (χ2n) is 10.7. The van der Waals surface area contributed by atoms with Crippen LogP contribution in [0.3, 0.4) is 0 Å². The van der Waals surface area contributed by atoms with Crippen molar-refractivity contribution in [2.75, 3.05) is 159 Å². The highest BCUT2D eigenvalue weighted by atomic mass is 16.6. The second kappa shape index (κ2) is 41.7. The van der Waals surface area contributed by atoms with Gasteiger partial charge in [-0.15, -0.1) is 0 Å². The van der Waals surface area contributed by atoms with Crippen LogP contribution in [0.5, 0.6) is 0 Å². The fraction of sp³-hybridized carbons (Fsp3) is 0.886. The van der Waals surface area contributed by atoms with E-state index < -0.39 is 5.97 Å². The van der Waals surface area contributed by atoms with Gasteiger partial charge in [0.2, 0.25) is 0 Å². The summed E-state index contributed by atoms with van der Waals surface area (Å²) in [6.07, 6.45) is 4.74. The molecule has 0 aromatic carbocycles. The molecule has 0 unspecified atom stereocenters. The van der Waals surface area contributed by atoms with Gasteiger partial charge in [-0.2, -0.15) is 0 Å². The van der Waals surface area contributed by atoms with Crippen molar-refractivity contribution in [2.45, 2.75) is 46.0 Å². The SMILES string of the molecule is C=C(C)C(=O)OCCOCCOCCOCCOCCOCCOCCOCCOCCOCCOCCOCCOC(=O)CCCCCC. The Morgan fingerprint density at radius 2 is 0.640 bits per heavy atom. The summed E-state index contributed by atoms with van der Waals surface area (Å²) in [5.74, 6) is -0.572. The van der Waals surface area contributed by atoms with Crippen molar-refractivity contribution in [1.82, 2.24) is 0 Å². The minimum absolute atomic E-state index is 0.157.